The highest BCUT2D eigenvalue weighted by Gasteiger charge is 2.16. The molecule has 2 rings (SSSR count). The fourth-order valence-corrected chi connectivity index (χ4v) is 2.61. The smallest absolute Gasteiger partial charge is 0.174 e. The summed E-state index contributed by atoms with van der Waals surface area (Å²) in [4.78, 5) is 12.8. The van der Waals surface area contributed by atoms with E-state index in [1.165, 1.54) is 6.92 Å². The number of carbonyl (C=O) groups is 1. The number of nitriles is 1. The molecule has 1 aromatic heterocycles. The Morgan fingerprint density at radius 2 is 2.20 bits per heavy atom. The van der Waals surface area contributed by atoms with Crippen LogP contribution in [0, 0.1) is 11.3 Å². The number of rotatable bonds is 5. The van der Waals surface area contributed by atoms with Crippen molar-refractivity contribution < 1.29 is 14.3 Å². The zero-order chi connectivity index (χ0) is 14.5. The molecule has 0 bridgehead atoms. The maximum atomic E-state index is 11.8. The summed E-state index contributed by atoms with van der Waals surface area (Å²) in [6.45, 7) is 1.36. The third-order valence-corrected chi connectivity index (χ3v) is 3.66. The average molecular weight is 287 g/mol. The third kappa shape index (κ3) is 2.81. The van der Waals surface area contributed by atoms with Gasteiger partial charge in [-0.15, -0.1) is 11.3 Å². The van der Waals surface area contributed by atoms with Crippen LogP contribution in [0.2, 0.25) is 0 Å². The molecule has 0 spiro atoms. The standard InChI is InChI=1S/C15H13NO3S/c1-10(17)11-8-12(15-4-3-7-20-15)13(18-2)9-14(11)19-6-5-16/h3-4,7-9H,6H2,1-2H3. The molecule has 102 valence electrons. The number of hydrogen-bond donors (Lipinski definition) is 0. The van der Waals surface area contributed by atoms with Crippen molar-refractivity contribution in [3.8, 4) is 28.0 Å². The number of methoxy groups -OCH3 is 1. The number of thiophene rings is 1. The van der Waals surface area contributed by atoms with Gasteiger partial charge in [-0.1, -0.05) is 6.07 Å². The van der Waals surface area contributed by atoms with Crippen LogP contribution in [-0.2, 0) is 0 Å². The second kappa shape index (κ2) is 6.22. The second-order valence-corrected chi connectivity index (χ2v) is 4.98. The first kappa shape index (κ1) is 14.1. The van der Waals surface area contributed by atoms with Crippen LogP contribution < -0.4 is 9.47 Å². The topological polar surface area (TPSA) is 59.3 Å². The van der Waals surface area contributed by atoms with Gasteiger partial charge in [0.1, 0.15) is 17.6 Å². The zero-order valence-corrected chi connectivity index (χ0v) is 12.0. The summed E-state index contributed by atoms with van der Waals surface area (Å²) >= 11 is 1.57. The molecule has 20 heavy (non-hydrogen) atoms. The van der Waals surface area contributed by atoms with E-state index < -0.39 is 0 Å². The van der Waals surface area contributed by atoms with Crippen molar-refractivity contribution in [1.29, 1.82) is 5.26 Å². The minimum atomic E-state index is -0.113. The summed E-state index contributed by atoms with van der Waals surface area (Å²) in [7, 11) is 1.56. The van der Waals surface area contributed by atoms with E-state index in [1.54, 1.807) is 30.6 Å². The molecule has 0 N–H and O–H groups in total. The van der Waals surface area contributed by atoms with E-state index >= 15 is 0 Å². The van der Waals surface area contributed by atoms with Gasteiger partial charge < -0.3 is 9.47 Å². The van der Waals surface area contributed by atoms with Gasteiger partial charge in [0.05, 0.1) is 12.7 Å². The lowest BCUT2D eigenvalue weighted by Crippen LogP contribution is -2.03. The third-order valence-electron chi connectivity index (χ3n) is 2.76. The molecular weight excluding hydrogens is 274 g/mol. The quantitative estimate of drug-likeness (QED) is 0.789. The Balaban J connectivity index is 2.57. The number of Topliss-reactive ketones (excluding diaryl/α,β-unsaturated/α-hetero) is 1. The van der Waals surface area contributed by atoms with Gasteiger partial charge in [-0.05, 0) is 24.4 Å². The fraction of sp³-hybridized carbons (Fsp3) is 0.200. The molecule has 0 aliphatic heterocycles. The maximum Gasteiger partial charge on any atom is 0.174 e. The van der Waals surface area contributed by atoms with Gasteiger partial charge in [0.2, 0.25) is 0 Å². The van der Waals surface area contributed by atoms with Crippen molar-refractivity contribution in [2.24, 2.45) is 0 Å². The van der Waals surface area contributed by atoms with Crippen molar-refractivity contribution in [2.45, 2.75) is 6.92 Å². The molecule has 1 heterocycles. The maximum absolute atomic E-state index is 11.8. The first-order valence-corrected chi connectivity index (χ1v) is 6.82. The van der Waals surface area contributed by atoms with Crippen LogP contribution in [-0.4, -0.2) is 19.5 Å². The van der Waals surface area contributed by atoms with E-state index in [0.29, 0.717) is 17.1 Å². The van der Waals surface area contributed by atoms with Gasteiger partial charge in [0, 0.05) is 16.5 Å². The number of nitrogens with zero attached hydrogens (tertiary/aromatic N) is 1. The highest BCUT2D eigenvalue weighted by Crippen LogP contribution is 2.38. The summed E-state index contributed by atoms with van der Waals surface area (Å²) in [6.07, 6.45) is 0. The molecule has 0 amide bonds. The number of ketones is 1. The van der Waals surface area contributed by atoms with E-state index in [-0.39, 0.29) is 12.4 Å². The molecular formula is C15H13NO3S. The molecule has 0 saturated heterocycles. The predicted molar refractivity (Wildman–Crippen MR) is 77.4 cm³/mol. The Morgan fingerprint density at radius 3 is 2.75 bits per heavy atom. The fourth-order valence-electron chi connectivity index (χ4n) is 1.86. The predicted octanol–water partition coefficient (Wildman–Crippen LogP) is 3.53. The highest BCUT2D eigenvalue weighted by molar-refractivity contribution is 7.13. The number of hydrogen-bond acceptors (Lipinski definition) is 5. The van der Waals surface area contributed by atoms with Crippen LogP contribution in [0.25, 0.3) is 10.4 Å². The van der Waals surface area contributed by atoms with Crippen molar-refractivity contribution in [1.82, 2.24) is 0 Å². The molecule has 4 nitrogen and oxygen atoms in total. The lowest BCUT2D eigenvalue weighted by molar-refractivity contribution is 0.101. The monoisotopic (exact) mass is 287 g/mol. The zero-order valence-electron chi connectivity index (χ0n) is 11.2. The molecule has 2 aromatic rings. The Morgan fingerprint density at radius 1 is 1.40 bits per heavy atom. The Labute approximate surface area is 121 Å². The molecule has 0 atom stereocenters. The summed E-state index contributed by atoms with van der Waals surface area (Å²) in [6, 6.07) is 9.19. The summed E-state index contributed by atoms with van der Waals surface area (Å²) in [5.74, 6) is 0.875. The lowest BCUT2D eigenvalue weighted by atomic mass is 10.0. The van der Waals surface area contributed by atoms with E-state index in [1.807, 2.05) is 23.6 Å². The Hall–Kier alpha value is -2.32. The van der Waals surface area contributed by atoms with Gasteiger partial charge in [0.15, 0.2) is 12.4 Å². The first-order chi connectivity index (χ1) is 9.67. The molecule has 0 fully saturated rings. The van der Waals surface area contributed by atoms with E-state index in [2.05, 4.69) is 0 Å². The average Bonchev–Trinajstić information content (AvgIpc) is 2.97. The number of ether oxygens (including phenoxy) is 2. The van der Waals surface area contributed by atoms with Gasteiger partial charge in [-0.3, -0.25) is 4.79 Å². The Kier molecular flexibility index (Phi) is 4.38. The SMILES string of the molecule is COc1cc(OCC#N)c(C(C)=O)cc1-c1cccs1. The number of benzene rings is 1. The summed E-state index contributed by atoms with van der Waals surface area (Å²) in [5, 5.41) is 10.6. The van der Waals surface area contributed by atoms with Crippen molar-refractivity contribution in [2.75, 3.05) is 13.7 Å². The number of carbonyl (C=O) groups excluding carboxylic acids is 1. The van der Waals surface area contributed by atoms with Gasteiger partial charge in [0.25, 0.3) is 0 Å². The van der Waals surface area contributed by atoms with Crippen LogP contribution in [0.1, 0.15) is 17.3 Å². The van der Waals surface area contributed by atoms with Crippen LogP contribution in [0.4, 0.5) is 0 Å². The van der Waals surface area contributed by atoms with Gasteiger partial charge in [-0.2, -0.15) is 5.26 Å². The van der Waals surface area contributed by atoms with E-state index in [9.17, 15) is 4.79 Å². The molecule has 0 aliphatic carbocycles. The molecule has 1 aromatic carbocycles. The van der Waals surface area contributed by atoms with Crippen molar-refractivity contribution >= 4 is 17.1 Å². The largest absolute Gasteiger partial charge is 0.496 e. The molecule has 0 aliphatic rings. The minimum Gasteiger partial charge on any atom is -0.496 e. The van der Waals surface area contributed by atoms with Gasteiger partial charge in [-0.25, -0.2) is 0 Å². The molecule has 5 heteroatoms. The normalized spacial score (nSPS) is 9.85. The second-order valence-electron chi connectivity index (χ2n) is 4.03. The summed E-state index contributed by atoms with van der Waals surface area (Å²) < 4.78 is 10.7. The van der Waals surface area contributed by atoms with Crippen LogP contribution >= 0.6 is 11.3 Å². The van der Waals surface area contributed by atoms with Crippen LogP contribution in [0.3, 0.4) is 0 Å². The van der Waals surface area contributed by atoms with E-state index in [0.717, 1.165) is 10.4 Å². The van der Waals surface area contributed by atoms with Crippen LogP contribution in [0.5, 0.6) is 11.5 Å². The highest BCUT2D eigenvalue weighted by atomic mass is 32.1. The van der Waals surface area contributed by atoms with Crippen molar-refractivity contribution in [3.05, 3.63) is 35.2 Å². The van der Waals surface area contributed by atoms with E-state index in [4.69, 9.17) is 14.7 Å². The minimum absolute atomic E-state index is 0.109. The molecule has 0 saturated carbocycles. The Bertz CT molecular complexity index is 656. The van der Waals surface area contributed by atoms with Crippen molar-refractivity contribution in [3.63, 3.8) is 0 Å². The first-order valence-electron chi connectivity index (χ1n) is 5.94. The molecule has 0 radical (unpaired) electrons. The lowest BCUT2D eigenvalue weighted by Gasteiger charge is -2.13. The van der Waals surface area contributed by atoms with Gasteiger partial charge >= 0.3 is 0 Å². The van der Waals surface area contributed by atoms with Crippen LogP contribution in [0.15, 0.2) is 29.6 Å². The summed E-state index contributed by atoms with van der Waals surface area (Å²) in [5.41, 5.74) is 1.29. The molecule has 0 unspecified atom stereocenters.